The van der Waals surface area contributed by atoms with Gasteiger partial charge in [0.1, 0.15) is 0 Å². The van der Waals surface area contributed by atoms with Crippen LogP contribution in [0.5, 0.6) is 0 Å². The molecule has 3 N–H and O–H groups in total. The first-order valence-corrected chi connectivity index (χ1v) is 7.31. The van der Waals surface area contributed by atoms with Crippen LogP contribution in [-0.4, -0.2) is 22.6 Å². The second-order valence-corrected chi connectivity index (χ2v) is 6.20. The number of carbonyl (C=O) groups excluding carboxylic acids is 1. The fourth-order valence-corrected chi connectivity index (χ4v) is 2.90. The number of halogens is 1. The lowest BCUT2D eigenvalue weighted by molar-refractivity contribution is 0.0696. The number of urea groups is 1. The maximum Gasteiger partial charge on any atom is 0.336 e. The molecule has 20 heavy (non-hydrogen) atoms. The molecule has 1 fully saturated rings. The van der Waals surface area contributed by atoms with Crippen LogP contribution in [0, 0.1) is 0 Å². The fourth-order valence-electron chi connectivity index (χ4n) is 2.48. The van der Waals surface area contributed by atoms with Crippen LogP contribution in [-0.2, 0) is 0 Å². The largest absolute Gasteiger partial charge is 0.478 e. The van der Waals surface area contributed by atoms with E-state index >= 15 is 0 Å². The van der Waals surface area contributed by atoms with Crippen molar-refractivity contribution in [3.05, 3.63) is 28.2 Å². The van der Waals surface area contributed by atoms with Gasteiger partial charge in [0, 0.05) is 15.7 Å². The third-order valence-corrected chi connectivity index (χ3v) is 4.27. The number of hydrogen-bond acceptors (Lipinski definition) is 2. The number of rotatable bonds is 3. The van der Waals surface area contributed by atoms with Gasteiger partial charge in [-0.2, -0.15) is 0 Å². The molecular formula is C14H17BrN2O3. The zero-order valence-corrected chi connectivity index (χ0v) is 12.8. The van der Waals surface area contributed by atoms with Gasteiger partial charge < -0.3 is 15.7 Å². The van der Waals surface area contributed by atoms with Gasteiger partial charge in [0.05, 0.1) is 5.56 Å². The number of nitrogens with one attached hydrogen (secondary N) is 2. The monoisotopic (exact) mass is 340 g/mol. The number of benzene rings is 1. The van der Waals surface area contributed by atoms with Crippen molar-refractivity contribution in [2.24, 2.45) is 0 Å². The third-order valence-electron chi connectivity index (χ3n) is 3.58. The Morgan fingerprint density at radius 1 is 1.30 bits per heavy atom. The Labute approximate surface area is 125 Å². The van der Waals surface area contributed by atoms with Gasteiger partial charge in [-0.05, 0) is 53.9 Å². The lowest BCUT2D eigenvalue weighted by atomic mass is 10.0. The van der Waals surface area contributed by atoms with Crippen LogP contribution in [0.1, 0.15) is 43.0 Å². The second kappa shape index (κ2) is 5.83. The van der Waals surface area contributed by atoms with Crippen LogP contribution in [0.25, 0.3) is 0 Å². The second-order valence-electron chi connectivity index (χ2n) is 5.35. The van der Waals surface area contributed by atoms with E-state index in [2.05, 4.69) is 26.6 Å². The highest BCUT2D eigenvalue weighted by atomic mass is 79.9. The molecule has 1 saturated carbocycles. The molecule has 1 aliphatic carbocycles. The molecule has 2 amide bonds. The molecule has 2 rings (SSSR count). The summed E-state index contributed by atoms with van der Waals surface area (Å²) in [6.45, 7) is 2.03. The van der Waals surface area contributed by atoms with E-state index in [0.717, 1.165) is 25.7 Å². The van der Waals surface area contributed by atoms with Crippen molar-refractivity contribution < 1.29 is 14.7 Å². The lowest BCUT2D eigenvalue weighted by Crippen LogP contribution is -2.45. The van der Waals surface area contributed by atoms with Gasteiger partial charge in [-0.3, -0.25) is 0 Å². The summed E-state index contributed by atoms with van der Waals surface area (Å²) >= 11 is 3.17. The summed E-state index contributed by atoms with van der Waals surface area (Å²) in [5, 5.41) is 14.7. The predicted octanol–water partition coefficient (Wildman–Crippen LogP) is 3.60. The molecule has 0 saturated heterocycles. The van der Waals surface area contributed by atoms with Gasteiger partial charge in [-0.1, -0.05) is 12.8 Å². The Kier molecular flexibility index (Phi) is 4.32. The molecule has 0 atom stereocenters. The lowest BCUT2D eigenvalue weighted by Gasteiger charge is -2.25. The number of amides is 2. The van der Waals surface area contributed by atoms with Gasteiger partial charge in [0.15, 0.2) is 0 Å². The highest BCUT2D eigenvalue weighted by Gasteiger charge is 2.30. The molecule has 1 aromatic rings. The van der Waals surface area contributed by atoms with Crippen molar-refractivity contribution in [2.45, 2.75) is 38.1 Å². The van der Waals surface area contributed by atoms with Gasteiger partial charge in [-0.15, -0.1) is 0 Å². The Bertz CT molecular complexity index is 539. The number of carboxylic acids is 1. The maximum atomic E-state index is 12.0. The summed E-state index contributed by atoms with van der Waals surface area (Å²) in [5.74, 6) is -1.04. The van der Waals surface area contributed by atoms with Gasteiger partial charge in [0.2, 0.25) is 0 Å². The van der Waals surface area contributed by atoms with Crippen LogP contribution < -0.4 is 10.6 Å². The molecule has 0 radical (unpaired) electrons. The van der Waals surface area contributed by atoms with Crippen LogP contribution >= 0.6 is 15.9 Å². The van der Waals surface area contributed by atoms with Crippen LogP contribution in [0.4, 0.5) is 10.5 Å². The summed E-state index contributed by atoms with van der Waals surface area (Å²) in [4.78, 5) is 23.0. The number of carbonyl (C=O) groups is 2. The van der Waals surface area contributed by atoms with E-state index in [0.29, 0.717) is 10.2 Å². The molecule has 6 heteroatoms. The predicted molar refractivity (Wildman–Crippen MR) is 80.1 cm³/mol. The number of aromatic carboxylic acids is 1. The quantitative estimate of drug-likeness (QED) is 0.786. The van der Waals surface area contributed by atoms with E-state index in [1.54, 1.807) is 12.1 Å². The summed E-state index contributed by atoms with van der Waals surface area (Å²) in [7, 11) is 0. The Morgan fingerprint density at radius 3 is 2.55 bits per heavy atom. The van der Waals surface area contributed by atoms with Crippen molar-refractivity contribution in [3.8, 4) is 0 Å². The molecule has 0 unspecified atom stereocenters. The molecule has 5 nitrogen and oxygen atoms in total. The van der Waals surface area contributed by atoms with Crippen molar-refractivity contribution in [3.63, 3.8) is 0 Å². The molecule has 0 bridgehead atoms. The topological polar surface area (TPSA) is 78.4 Å². The van der Waals surface area contributed by atoms with E-state index in [9.17, 15) is 9.59 Å². The standard InChI is InChI=1S/C14H17BrN2O3/c1-14(6-2-3-7-14)17-13(20)16-9-4-5-11(15)10(8-9)12(18)19/h4-5,8H,2-3,6-7H2,1H3,(H,18,19)(H2,16,17,20). The normalized spacial score (nSPS) is 16.7. The summed E-state index contributed by atoms with van der Waals surface area (Å²) < 4.78 is 0.485. The number of hydrogen-bond donors (Lipinski definition) is 3. The zero-order chi connectivity index (χ0) is 14.8. The van der Waals surface area contributed by atoms with Gasteiger partial charge >= 0.3 is 12.0 Å². The zero-order valence-electron chi connectivity index (χ0n) is 11.2. The minimum absolute atomic E-state index is 0.120. The van der Waals surface area contributed by atoms with E-state index in [1.807, 2.05) is 6.92 Å². The molecule has 0 aromatic heterocycles. The minimum Gasteiger partial charge on any atom is -0.478 e. The average molecular weight is 341 g/mol. The first-order valence-electron chi connectivity index (χ1n) is 6.52. The first-order chi connectivity index (χ1) is 9.39. The van der Waals surface area contributed by atoms with Crippen molar-refractivity contribution in [2.75, 3.05) is 5.32 Å². The van der Waals surface area contributed by atoms with Crippen LogP contribution in [0.15, 0.2) is 22.7 Å². The van der Waals surface area contributed by atoms with E-state index in [4.69, 9.17) is 5.11 Å². The molecule has 1 aliphatic rings. The summed E-state index contributed by atoms with van der Waals surface area (Å²) in [6, 6.07) is 4.40. The van der Waals surface area contributed by atoms with Crippen molar-refractivity contribution >= 4 is 33.6 Å². The Morgan fingerprint density at radius 2 is 1.95 bits per heavy atom. The summed E-state index contributed by atoms with van der Waals surface area (Å²) in [5.41, 5.74) is 0.425. The van der Waals surface area contributed by atoms with Crippen LogP contribution in [0.2, 0.25) is 0 Å². The third kappa shape index (κ3) is 3.50. The Hall–Kier alpha value is -1.56. The molecule has 108 valence electrons. The molecular weight excluding hydrogens is 324 g/mol. The SMILES string of the molecule is CC1(NC(=O)Nc2ccc(Br)c(C(=O)O)c2)CCCC1. The first kappa shape index (κ1) is 14.8. The minimum atomic E-state index is -1.04. The maximum absolute atomic E-state index is 12.0. The van der Waals surface area contributed by atoms with E-state index in [-0.39, 0.29) is 17.1 Å². The highest BCUT2D eigenvalue weighted by molar-refractivity contribution is 9.10. The number of anilines is 1. The van der Waals surface area contributed by atoms with Crippen molar-refractivity contribution in [1.29, 1.82) is 0 Å². The number of carboxylic acid groups (broad SMARTS) is 1. The summed E-state index contributed by atoms with van der Waals surface area (Å²) in [6.07, 6.45) is 4.19. The fraction of sp³-hybridized carbons (Fsp3) is 0.429. The molecule has 1 aromatic carbocycles. The average Bonchev–Trinajstić information content (AvgIpc) is 2.77. The van der Waals surface area contributed by atoms with E-state index < -0.39 is 5.97 Å². The highest BCUT2D eigenvalue weighted by Crippen LogP contribution is 2.29. The van der Waals surface area contributed by atoms with E-state index in [1.165, 1.54) is 6.07 Å². The molecule has 0 spiro atoms. The van der Waals surface area contributed by atoms with Gasteiger partial charge in [0.25, 0.3) is 0 Å². The van der Waals surface area contributed by atoms with Crippen molar-refractivity contribution in [1.82, 2.24) is 5.32 Å². The smallest absolute Gasteiger partial charge is 0.336 e. The van der Waals surface area contributed by atoms with Gasteiger partial charge in [-0.25, -0.2) is 9.59 Å². The molecule has 0 aliphatic heterocycles. The van der Waals surface area contributed by atoms with Crippen LogP contribution in [0.3, 0.4) is 0 Å². The Balaban J connectivity index is 2.04. The molecule has 0 heterocycles.